The molecule has 0 aromatic carbocycles. The molecule has 434 valence electrons. The van der Waals surface area contributed by atoms with Crippen molar-refractivity contribution >= 4 is 13.7 Å². The molecule has 9 heteroatoms. The van der Waals surface area contributed by atoms with Crippen LogP contribution in [0.25, 0.3) is 0 Å². The molecule has 2 N–H and O–H groups in total. The number of rotatable bonds is 56. The van der Waals surface area contributed by atoms with Crippen LogP contribution in [-0.4, -0.2) is 68.5 Å². The summed E-state index contributed by atoms with van der Waals surface area (Å²) >= 11 is 0. The summed E-state index contributed by atoms with van der Waals surface area (Å²) in [6, 6.07) is -0.904. The first kappa shape index (κ1) is 72.4. The van der Waals surface area contributed by atoms with Gasteiger partial charge in [-0.25, -0.2) is 0 Å². The Morgan fingerprint density at radius 2 is 0.827 bits per heavy atom. The van der Waals surface area contributed by atoms with Crippen molar-refractivity contribution in [2.24, 2.45) is 0 Å². The molecule has 1 amide bonds. The summed E-state index contributed by atoms with van der Waals surface area (Å²) in [6.07, 6.45) is 81.0. The van der Waals surface area contributed by atoms with Crippen molar-refractivity contribution in [3.63, 3.8) is 0 Å². The summed E-state index contributed by atoms with van der Waals surface area (Å²) in [6.45, 7) is 4.50. The number of quaternary nitrogens is 1. The van der Waals surface area contributed by atoms with Gasteiger partial charge in [0.25, 0.3) is 7.82 Å². The molecule has 0 aromatic rings. The van der Waals surface area contributed by atoms with Gasteiger partial charge in [0.2, 0.25) is 5.91 Å². The van der Waals surface area contributed by atoms with Crippen LogP contribution >= 0.6 is 7.82 Å². The lowest BCUT2D eigenvalue weighted by molar-refractivity contribution is -0.870. The SMILES string of the molecule is CC/C=C\C/C=C\C/C=C\C/C=C\C/C=C\C/C=C\CCCCCCCCCCCCCCCCCCCCCCCCC(=O)NC(COP(=O)([O-])OCC[N+](C)(C)C)C(O)/C=C/CC/C=C/CCCCCCCC. The van der Waals surface area contributed by atoms with E-state index in [1.165, 1.54) is 167 Å². The van der Waals surface area contributed by atoms with Crippen LogP contribution in [0.4, 0.5) is 0 Å². The molecule has 0 radical (unpaired) electrons. The van der Waals surface area contributed by atoms with Crippen LogP contribution in [-0.2, 0) is 18.4 Å². The van der Waals surface area contributed by atoms with Crippen LogP contribution in [0.15, 0.2) is 97.2 Å². The van der Waals surface area contributed by atoms with Gasteiger partial charge in [-0.3, -0.25) is 9.36 Å². The van der Waals surface area contributed by atoms with Gasteiger partial charge >= 0.3 is 0 Å². The van der Waals surface area contributed by atoms with Gasteiger partial charge in [-0.15, -0.1) is 0 Å². The second-order valence-corrected chi connectivity index (χ2v) is 23.4. The van der Waals surface area contributed by atoms with E-state index in [1.807, 2.05) is 27.2 Å². The maximum absolute atomic E-state index is 12.9. The Hall–Kier alpha value is -2.58. The smallest absolute Gasteiger partial charge is 0.268 e. The zero-order chi connectivity index (χ0) is 54.9. The molecule has 8 nitrogen and oxygen atoms in total. The number of carbonyl (C=O) groups is 1. The lowest BCUT2D eigenvalue weighted by Gasteiger charge is -2.29. The molecule has 0 bridgehead atoms. The molecule has 0 fully saturated rings. The first-order valence-corrected chi connectivity index (χ1v) is 32.6. The Bertz CT molecular complexity index is 1540. The minimum absolute atomic E-state index is 0.00777. The van der Waals surface area contributed by atoms with Crippen LogP contribution in [0.1, 0.15) is 264 Å². The fourth-order valence-electron chi connectivity index (χ4n) is 8.70. The lowest BCUT2D eigenvalue weighted by Crippen LogP contribution is -2.45. The van der Waals surface area contributed by atoms with Crippen molar-refractivity contribution in [2.75, 3.05) is 40.9 Å². The number of nitrogens with one attached hydrogen (secondary N) is 1. The van der Waals surface area contributed by atoms with Crippen LogP contribution < -0.4 is 10.2 Å². The average molecular weight is 1070 g/mol. The molecule has 3 unspecified atom stereocenters. The van der Waals surface area contributed by atoms with Gasteiger partial charge < -0.3 is 28.8 Å². The number of hydrogen-bond donors (Lipinski definition) is 2. The Labute approximate surface area is 464 Å². The van der Waals surface area contributed by atoms with Crippen LogP contribution in [0.5, 0.6) is 0 Å². The Kier molecular flexibility index (Phi) is 54.2. The minimum atomic E-state index is -4.60. The average Bonchev–Trinajstić information content (AvgIpc) is 3.37. The number of aliphatic hydroxyl groups is 1. The number of unbranched alkanes of at least 4 members (excludes halogenated alkanes) is 29. The predicted molar refractivity (Wildman–Crippen MR) is 325 cm³/mol. The number of allylic oxidation sites excluding steroid dienone is 15. The molecule has 0 spiro atoms. The van der Waals surface area contributed by atoms with Crippen molar-refractivity contribution in [3.05, 3.63) is 97.2 Å². The van der Waals surface area contributed by atoms with E-state index < -0.39 is 26.6 Å². The maximum atomic E-state index is 12.9. The molecule has 0 rings (SSSR count). The van der Waals surface area contributed by atoms with E-state index in [-0.39, 0.29) is 12.5 Å². The Morgan fingerprint density at radius 1 is 0.480 bits per heavy atom. The van der Waals surface area contributed by atoms with Gasteiger partial charge in [0.1, 0.15) is 13.2 Å². The molecule has 0 aromatic heterocycles. The highest BCUT2D eigenvalue weighted by atomic mass is 31.2. The number of hydrogen-bond acceptors (Lipinski definition) is 6. The van der Waals surface area contributed by atoms with Gasteiger partial charge in [-0.05, 0) is 83.5 Å². The van der Waals surface area contributed by atoms with E-state index in [1.54, 1.807) is 6.08 Å². The highest BCUT2D eigenvalue weighted by molar-refractivity contribution is 7.45. The second kappa shape index (κ2) is 56.2. The van der Waals surface area contributed by atoms with Crippen LogP contribution in [0, 0.1) is 0 Å². The van der Waals surface area contributed by atoms with Gasteiger partial charge in [0, 0.05) is 6.42 Å². The zero-order valence-corrected chi connectivity index (χ0v) is 50.4. The molecule has 0 aliphatic rings. The van der Waals surface area contributed by atoms with Crippen molar-refractivity contribution in [3.8, 4) is 0 Å². The Morgan fingerprint density at radius 3 is 1.24 bits per heavy atom. The fraction of sp³-hybridized carbons (Fsp3) is 0.742. The monoisotopic (exact) mass is 1070 g/mol. The minimum Gasteiger partial charge on any atom is -0.756 e. The number of amides is 1. The molecular weight excluding hydrogens is 948 g/mol. The number of aliphatic hydroxyl groups excluding tert-OH is 1. The number of phosphoric ester groups is 1. The molecule has 75 heavy (non-hydrogen) atoms. The summed E-state index contributed by atoms with van der Waals surface area (Å²) in [5.74, 6) is -0.207. The first-order chi connectivity index (χ1) is 36.5. The van der Waals surface area contributed by atoms with Gasteiger partial charge in [-0.1, -0.05) is 272 Å². The molecular formula is C66H119N2O6P. The van der Waals surface area contributed by atoms with Crippen molar-refractivity contribution < 1.29 is 32.9 Å². The molecule has 0 aliphatic carbocycles. The number of likely N-dealkylation sites (N-methyl/N-ethyl adjacent to an activating group) is 1. The summed E-state index contributed by atoms with van der Waals surface area (Å²) < 4.78 is 23.3. The van der Waals surface area contributed by atoms with Gasteiger partial charge in [0.05, 0.1) is 39.9 Å². The quantitative estimate of drug-likeness (QED) is 0.0272. The molecule has 0 saturated heterocycles. The van der Waals surface area contributed by atoms with Crippen molar-refractivity contribution in [1.82, 2.24) is 5.32 Å². The van der Waals surface area contributed by atoms with Gasteiger partial charge in [0.15, 0.2) is 0 Å². The summed E-state index contributed by atoms with van der Waals surface area (Å²) in [4.78, 5) is 25.4. The lowest BCUT2D eigenvalue weighted by atomic mass is 10.0. The fourth-order valence-corrected chi connectivity index (χ4v) is 9.43. The standard InChI is InChI=1S/C66H119N2O6P/c1-6-8-10-12-14-16-18-20-21-22-23-24-25-26-27-28-29-30-31-32-33-34-35-36-37-38-39-40-41-42-43-44-45-46-47-48-50-52-54-56-58-60-66(70)67-64(63-74-75(71,72)73-62-61-68(3,4)5)65(69)59-57-55-53-51-49-19-17-15-13-11-9-7-2/h8,10,14,16,20-21,23-24,26-27,29-30,49,51,57,59,64-65,69H,6-7,9,11-13,15,17-19,22,25,28,31-48,50,52-56,58,60-63H2,1-5H3,(H-,67,70,71,72)/b10-8-,16-14-,21-20-,24-23-,27-26-,30-29-,51-49+,59-57+. The third-order valence-electron chi connectivity index (χ3n) is 13.5. The number of nitrogens with zero attached hydrogens (tertiary/aromatic N) is 1. The zero-order valence-electron chi connectivity index (χ0n) is 49.5. The van der Waals surface area contributed by atoms with E-state index in [9.17, 15) is 19.4 Å². The van der Waals surface area contributed by atoms with Crippen molar-refractivity contribution in [2.45, 2.75) is 276 Å². The normalized spacial score (nSPS) is 14.5. The van der Waals surface area contributed by atoms with Crippen LogP contribution in [0.2, 0.25) is 0 Å². The third-order valence-corrected chi connectivity index (χ3v) is 14.5. The highest BCUT2D eigenvalue weighted by Crippen LogP contribution is 2.38. The van der Waals surface area contributed by atoms with E-state index in [0.29, 0.717) is 17.4 Å². The summed E-state index contributed by atoms with van der Waals surface area (Å²) in [5, 5.41) is 13.8. The summed E-state index contributed by atoms with van der Waals surface area (Å²) in [5.41, 5.74) is 0. The van der Waals surface area contributed by atoms with Crippen molar-refractivity contribution in [1.29, 1.82) is 0 Å². The molecule has 0 saturated carbocycles. The highest BCUT2D eigenvalue weighted by Gasteiger charge is 2.23. The molecule has 0 heterocycles. The van der Waals surface area contributed by atoms with E-state index in [0.717, 1.165) is 77.0 Å². The first-order valence-electron chi connectivity index (χ1n) is 31.1. The Balaban J connectivity index is 3.90. The summed E-state index contributed by atoms with van der Waals surface area (Å²) in [7, 11) is 1.24. The predicted octanol–water partition coefficient (Wildman–Crippen LogP) is 18.7. The second-order valence-electron chi connectivity index (χ2n) is 22.0. The van der Waals surface area contributed by atoms with E-state index in [2.05, 4.69) is 104 Å². The molecule has 3 atom stereocenters. The van der Waals surface area contributed by atoms with Gasteiger partial charge in [-0.2, -0.15) is 0 Å². The van der Waals surface area contributed by atoms with E-state index in [4.69, 9.17) is 9.05 Å². The number of phosphoric acid groups is 1. The number of carbonyl (C=O) groups excluding carboxylic acids is 1. The third kappa shape index (κ3) is 58.9. The maximum Gasteiger partial charge on any atom is 0.268 e. The molecule has 0 aliphatic heterocycles. The largest absolute Gasteiger partial charge is 0.756 e. The van der Waals surface area contributed by atoms with Crippen LogP contribution in [0.3, 0.4) is 0 Å². The topological polar surface area (TPSA) is 108 Å². The van der Waals surface area contributed by atoms with E-state index >= 15 is 0 Å².